The maximum Gasteiger partial charge on any atom is 0.255 e. The Bertz CT molecular complexity index is 947. The Morgan fingerprint density at radius 2 is 1.73 bits per heavy atom. The minimum atomic E-state index is -3.44. The molecule has 1 heterocycles. The van der Waals surface area contributed by atoms with Crippen molar-refractivity contribution in [3.05, 3.63) is 70.7 Å². The number of amides is 1. The number of benzene rings is 2. The summed E-state index contributed by atoms with van der Waals surface area (Å²) in [4.78, 5) is 14.9. The van der Waals surface area contributed by atoms with E-state index in [1.807, 2.05) is 37.3 Å². The monoisotopic (exact) mass is 449 g/mol. The Balaban J connectivity index is 1.78. The predicted octanol–water partition coefficient (Wildman–Crippen LogP) is 2.82. The first-order valence-corrected chi connectivity index (χ1v) is 12.1. The van der Waals surface area contributed by atoms with Crippen molar-refractivity contribution in [3.63, 3.8) is 0 Å². The second-order valence-corrected chi connectivity index (χ2v) is 10.0. The predicted molar refractivity (Wildman–Crippen MR) is 120 cm³/mol. The zero-order valence-corrected chi connectivity index (χ0v) is 18.7. The number of sulfonamides is 1. The Kier molecular flexibility index (Phi) is 7.88. The fourth-order valence-electron chi connectivity index (χ4n) is 3.58. The first-order valence-electron chi connectivity index (χ1n) is 10.2. The minimum absolute atomic E-state index is 0.0551. The molecule has 6 nitrogen and oxygen atoms in total. The van der Waals surface area contributed by atoms with Gasteiger partial charge in [-0.2, -0.15) is 4.31 Å². The first-order chi connectivity index (χ1) is 14.4. The molecule has 1 fully saturated rings. The van der Waals surface area contributed by atoms with Gasteiger partial charge in [0, 0.05) is 39.3 Å². The third kappa shape index (κ3) is 5.82. The number of hydrogen-bond donors (Lipinski definition) is 1. The van der Waals surface area contributed by atoms with E-state index in [1.54, 1.807) is 29.2 Å². The van der Waals surface area contributed by atoms with Gasteiger partial charge < -0.3 is 10.2 Å². The van der Waals surface area contributed by atoms with Crippen molar-refractivity contribution in [1.29, 1.82) is 0 Å². The molecule has 1 aliphatic heterocycles. The summed E-state index contributed by atoms with van der Waals surface area (Å²) in [5, 5.41) is 3.52. The molecular formula is C22H28ClN3O3S. The van der Waals surface area contributed by atoms with Gasteiger partial charge >= 0.3 is 0 Å². The molecule has 2 aromatic carbocycles. The minimum Gasteiger partial charge on any atom is -0.337 e. The standard InChI is InChI=1S/C22H28ClN3O3S/c1-18(19-7-3-2-4-8-19)17-25(22(27)20-9-5-6-10-21(20)23)15-16-30(28,29)26-13-11-24-12-14-26/h2-10,18,24H,11-17H2,1H3. The third-order valence-electron chi connectivity index (χ3n) is 5.34. The summed E-state index contributed by atoms with van der Waals surface area (Å²) in [6, 6.07) is 16.8. The molecule has 2 aromatic rings. The number of nitrogens with one attached hydrogen (secondary N) is 1. The van der Waals surface area contributed by atoms with E-state index in [0.717, 1.165) is 5.56 Å². The topological polar surface area (TPSA) is 69.7 Å². The molecule has 1 aliphatic rings. The van der Waals surface area contributed by atoms with E-state index in [4.69, 9.17) is 11.6 Å². The quantitative estimate of drug-likeness (QED) is 0.672. The molecule has 0 radical (unpaired) electrons. The van der Waals surface area contributed by atoms with Crippen LogP contribution in [0.4, 0.5) is 0 Å². The highest BCUT2D eigenvalue weighted by Gasteiger charge is 2.27. The highest BCUT2D eigenvalue weighted by Crippen LogP contribution is 2.21. The van der Waals surface area contributed by atoms with Gasteiger partial charge in [-0.3, -0.25) is 4.79 Å². The summed E-state index contributed by atoms with van der Waals surface area (Å²) < 4.78 is 27.1. The number of carbonyl (C=O) groups excluding carboxylic acids is 1. The summed E-state index contributed by atoms with van der Waals surface area (Å²) in [6.07, 6.45) is 0. The highest BCUT2D eigenvalue weighted by atomic mass is 35.5. The molecule has 0 aliphatic carbocycles. The SMILES string of the molecule is CC(CN(CCS(=O)(=O)N1CCNCC1)C(=O)c1ccccc1Cl)c1ccccc1. The van der Waals surface area contributed by atoms with Gasteiger partial charge in [-0.15, -0.1) is 0 Å². The fourth-order valence-corrected chi connectivity index (χ4v) is 5.24. The number of rotatable bonds is 8. The molecule has 1 N–H and O–H groups in total. The average molecular weight is 450 g/mol. The van der Waals surface area contributed by atoms with Gasteiger partial charge in [0.05, 0.1) is 16.3 Å². The second kappa shape index (κ2) is 10.4. The van der Waals surface area contributed by atoms with Crippen molar-refractivity contribution in [2.75, 3.05) is 45.0 Å². The molecule has 1 amide bonds. The van der Waals surface area contributed by atoms with E-state index in [-0.39, 0.29) is 24.1 Å². The van der Waals surface area contributed by atoms with E-state index in [0.29, 0.717) is 43.3 Å². The lowest BCUT2D eigenvalue weighted by Gasteiger charge is -2.30. The molecule has 0 saturated carbocycles. The van der Waals surface area contributed by atoms with Gasteiger partial charge in [0.15, 0.2) is 0 Å². The Labute approximate surface area is 183 Å². The highest BCUT2D eigenvalue weighted by molar-refractivity contribution is 7.89. The molecule has 30 heavy (non-hydrogen) atoms. The van der Waals surface area contributed by atoms with E-state index < -0.39 is 10.0 Å². The summed E-state index contributed by atoms with van der Waals surface area (Å²) in [7, 11) is -3.44. The summed E-state index contributed by atoms with van der Waals surface area (Å²) in [6.45, 7) is 4.77. The van der Waals surface area contributed by atoms with Gasteiger partial charge in [0.2, 0.25) is 10.0 Å². The van der Waals surface area contributed by atoms with Crippen LogP contribution in [0, 0.1) is 0 Å². The average Bonchev–Trinajstić information content (AvgIpc) is 2.77. The lowest BCUT2D eigenvalue weighted by atomic mass is 10.0. The van der Waals surface area contributed by atoms with Crippen LogP contribution in [0.25, 0.3) is 0 Å². The van der Waals surface area contributed by atoms with E-state index >= 15 is 0 Å². The van der Waals surface area contributed by atoms with Crippen LogP contribution in [0.5, 0.6) is 0 Å². The maximum atomic E-state index is 13.2. The van der Waals surface area contributed by atoms with Crippen LogP contribution in [0.1, 0.15) is 28.8 Å². The Morgan fingerprint density at radius 3 is 2.40 bits per heavy atom. The Hall–Kier alpha value is -1.93. The fraction of sp³-hybridized carbons (Fsp3) is 0.409. The molecule has 0 aromatic heterocycles. The van der Waals surface area contributed by atoms with Crippen LogP contribution >= 0.6 is 11.6 Å². The van der Waals surface area contributed by atoms with Crippen molar-refractivity contribution in [3.8, 4) is 0 Å². The molecule has 0 spiro atoms. The van der Waals surface area contributed by atoms with Crippen LogP contribution in [0.3, 0.4) is 0 Å². The van der Waals surface area contributed by atoms with Crippen LogP contribution < -0.4 is 5.32 Å². The summed E-state index contributed by atoms with van der Waals surface area (Å²) in [5.41, 5.74) is 1.48. The van der Waals surface area contributed by atoms with Crippen molar-refractivity contribution in [2.24, 2.45) is 0 Å². The van der Waals surface area contributed by atoms with Gasteiger partial charge in [-0.05, 0) is 23.6 Å². The lowest BCUT2D eigenvalue weighted by molar-refractivity contribution is 0.0757. The number of carbonyl (C=O) groups is 1. The van der Waals surface area contributed by atoms with Gasteiger partial charge in [-0.25, -0.2) is 8.42 Å². The number of hydrogen-bond acceptors (Lipinski definition) is 4. The van der Waals surface area contributed by atoms with Crippen LogP contribution in [0.2, 0.25) is 5.02 Å². The van der Waals surface area contributed by atoms with E-state index in [1.165, 1.54) is 4.31 Å². The molecule has 162 valence electrons. The zero-order chi connectivity index (χ0) is 21.6. The third-order valence-corrected chi connectivity index (χ3v) is 7.52. The largest absolute Gasteiger partial charge is 0.337 e. The van der Waals surface area contributed by atoms with Crippen molar-refractivity contribution in [1.82, 2.24) is 14.5 Å². The van der Waals surface area contributed by atoms with Gasteiger partial charge in [0.25, 0.3) is 5.91 Å². The second-order valence-electron chi connectivity index (χ2n) is 7.51. The molecular weight excluding hydrogens is 422 g/mol. The lowest BCUT2D eigenvalue weighted by Crippen LogP contribution is -2.48. The van der Waals surface area contributed by atoms with Crippen molar-refractivity contribution in [2.45, 2.75) is 12.8 Å². The molecule has 1 atom stereocenters. The van der Waals surface area contributed by atoms with Crippen molar-refractivity contribution < 1.29 is 13.2 Å². The molecule has 1 unspecified atom stereocenters. The van der Waals surface area contributed by atoms with Crippen molar-refractivity contribution >= 4 is 27.5 Å². The van der Waals surface area contributed by atoms with Crippen LogP contribution in [-0.2, 0) is 10.0 Å². The zero-order valence-electron chi connectivity index (χ0n) is 17.1. The number of halogens is 1. The summed E-state index contributed by atoms with van der Waals surface area (Å²) in [5.74, 6) is -0.302. The number of piperazine rings is 1. The van der Waals surface area contributed by atoms with E-state index in [9.17, 15) is 13.2 Å². The first kappa shape index (κ1) is 22.7. The van der Waals surface area contributed by atoms with Gasteiger partial charge in [-0.1, -0.05) is 61.0 Å². The molecule has 3 rings (SSSR count). The normalized spacial score (nSPS) is 16.2. The van der Waals surface area contributed by atoms with Gasteiger partial charge in [0.1, 0.15) is 0 Å². The van der Waals surface area contributed by atoms with Crippen LogP contribution in [-0.4, -0.2) is 68.6 Å². The van der Waals surface area contributed by atoms with Crippen LogP contribution in [0.15, 0.2) is 54.6 Å². The molecule has 0 bridgehead atoms. The summed E-state index contributed by atoms with van der Waals surface area (Å²) >= 11 is 6.25. The smallest absolute Gasteiger partial charge is 0.255 e. The molecule has 1 saturated heterocycles. The molecule has 8 heteroatoms. The maximum absolute atomic E-state index is 13.2. The number of nitrogens with zero attached hydrogens (tertiary/aromatic N) is 2. The van der Waals surface area contributed by atoms with E-state index in [2.05, 4.69) is 5.32 Å². The Morgan fingerprint density at radius 1 is 1.10 bits per heavy atom.